The van der Waals surface area contributed by atoms with Crippen molar-refractivity contribution in [2.75, 3.05) is 6.54 Å². The zero-order chi connectivity index (χ0) is 14.7. The van der Waals surface area contributed by atoms with Gasteiger partial charge in [-0.1, -0.05) is 6.07 Å². The van der Waals surface area contributed by atoms with Gasteiger partial charge in [-0.05, 0) is 29.8 Å². The Morgan fingerprint density at radius 2 is 1.80 bits per heavy atom. The lowest BCUT2D eigenvalue weighted by molar-refractivity contribution is 0.144. The van der Waals surface area contributed by atoms with Crippen LogP contribution in [-0.4, -0.2) is 16.6 Å². The standard InChI is InChI=1S/C14H13F3N2O/c15-10-5-8(6-11(16)13(10)17)14(20)9(7-18)12-3-1-2-4-19-12/h1-6,9,14,20H,7,18H2. The Hall–Kier alpha value is -1.92. The maximum Gasteiger partial charge on any atom is 0.194 e. The van der Waals surface area contributed by atoms with E-state index in [1.807, 2.05) is 0 Å². The van der Waals surface area contributed by atoms with Crippen LogP contribution in [0, 0.1) is 17.5 Å². The molecule has 20 heavy (non-hydrogen) atoms. The molecule has 0 fully saturated rings. The van der Waals surface area contributed by atoms with Gasteiger partial charge in [-0.2, -0.15) is 0 Å². The summed E-state index contributed by atoms with van der Waals surface area (Å²) in [5, 5.41) is 10.2. The van der Waals surface area contributed by atoms with Crippen molar-refractivity contribution in [2.24, 2.45) is 5.73 Å². The molecule has 2 atom stereocenters. The molecule has 106 valence electrons. The number of nitrogens with zero attached hydrogens (tertiary/aromatic N) is 1. The Labute approximate surface area is 113 Å². The second kappa shape index (κ2) is 6.02. The van der Waals surface area contributed by atoms with Gasteiger partial charge in [0, 0.05) is 24.4 Å². The Balaban J connectivity index is 2.36. The number of aliphatic hydroxyl groups is 1. The van der Waals surface area contributed by atoms with Crippen LogP contribution in [-0.2, 0) is 0 Å². The number of nitrogens with two attached hydrogens (primary N) is 1. The molecule has 0 aliphatic carbocycles. The van der Waals surface area contributed by atoms with E-state index in [-0.39, 0.29) is 12.1 Å². The highest BCUT2D eigenvalue weighted by molar-refractivity contribution is 5.25. The molecule has 1 heterocycles. The van der Waals surface area contributed by atoms with Crippen LogP contribution in [0.4, 0.5) is 13.2 Å². The molecule has 2 unspecified atom stereocenters. The normalized spacial score (nSPS) is 14.1. The Kier molecular flexibility index (Phi) is 4.36. The maximum absolute atomic E-state index is 13.2. The maximum atomic E-state index is 13.2. The van der Waals surface area contributed by atoms with Gasteiger partial charge in [-0.25, -0.2) is 13.2 Å². The molecule has 0 bridgehead atoms. The van der Waals surface area contributed by atoms with Gasteiger partial charge in [0.1, 0.15) is 0 Å². The molecular weight excluding hydrogens is 269 g/mol. The van der Waals surface area contributed by atoms with E-state index >= 15 is 0 Å². The van der Waals surface area contributed by atoms with Crippen LogP contribution in [0.2, 0.25) is 0 Å². The van der Waals surface area contributed by atoms with Crippen LogP contribution in [0.3, 0.4) is 0 Å². The summed E-state index contributed by atoms with van der Waals surface area (Å²) in [5.41, 5.74) is 6.00. The Morgan fingerprint density at radius 1 is 1.15 bits per heavy atom. The summed E-state index contributed by atoms with van der Waals surface area (Å²) in [6, 6.07) is 6.57. The number of aliphatic hydroxyl groups excluding tert-OH is 1. The van der Waals surface area contributed by atoms with Crippen molar-refractivity contribution >= 4 is 0 Å². The molecule has 2 aromatic rings. The average molecular weight is 282 g/mol. The second-order valence-electron chi connectivity index (χ2n) is 4.34. The Bertz CT molecular complexity index is 569. The zero-order valence-electron chi connectivity index (χ0n) is 10.4. The first-order chi connectivity index (χ1) is 9.54. The van der Waals surface area contributed by atoms with Crippen molar-refractivity contribution in [2.45, 2.75) is 12.0 Å². The van der Waals surface area contributed by atoms with Crippen molar-refractivity contribution < 1.29 is 18.3 Å². The van der Waals surface area contributed by atoms with Gasteiger partial charge in [0.25, 0.3) is 0 Å². The number of aromatic nitrogens is 1. The topological polar surface area (TPSA) is 59.1 Å². The summed E-state index contributed by atoms with van der Waals surface area (Å²) in [5.74, 6) is -4.91. The van der Waals surface area contributed by atoms with Crippen LogP contribution in [0.15, 0.2) is 36.5 Å². The SMILES string of the molecule is NCC(c1ccccn1)C(O)c1cc(F)c(F)c(F)c1. The van der Waals surface area contributed by atoms with Gasteiger partial charge in [-0.3, -0.25) is 4.98 Å². The second-order valence-corrected chi connectivity index (χ2v) is 4.34. The first kappa shape index (κ1) is 14.5. The molecule has 3 N–H and O–H groups in total. The molecule has 0 spiro atoms. The minimum absolute atomic E-state index is 0.0266. The summed E-state index contributed by atoms with van der Waals surface area (Å²) < 4.78 is 39.3. The molecule has 1 aromatic carbocycles. The first-order valence-corrected chi connectivity index (χ1v) is 5.98. The van der Waals surface area contributed by atoms with Crippen molar-refractivity contribution in [3.63, 3.8) is 0 Å². The molecule has 0 aliphatic heterocycles. The summed E-state index contributed by atoms with van der Waals surface area (Å²) in [6.07, 6.45) is 0.246. The number of pyridine rings is 1. The molecule has 1 aromatic heterocycles. The molecule has 0 amide bonds. The highest BCUT2D eigenvalue weighted by Crippen LogP contribution is 2.30. The minimum Gasteiger partial charge on any atom is -0.388 e. The largest absolute Gasteiger partial charge is 0.388 e. The summed E-state index contributed by atoms with van der Waals surface area (Å²) in [6.45, 7) is 0.0266. The van der Waals surface area contributed by atoms with Crippen molar-refractivity contribution in [1.82, 2.24) is 4.98 Å². The fraction of sp³-hybridized carbons (Fsp3) is 0.214. The molecule has 0 radical (unpaired) electrons. The van der Waals surface area contributed by atoms with Crippen molar-refractivity contribution in [3.05, 3.63) is 65.2 Å². The predicted octanol–water partition coefficient (Wildman–Crippen LogP) is 2.27. The van der Waals surface area contributed by atoms with Crippen LogP contribution < -0.4 is 5.73 Å². The highest BCUT2D eigenvalue weighted by atomic mass is 19.2. The van der Waals surface area contributed by atoms with E-state index in [4.69, 9.17) is 5.73 Å². The highest BCUT2D eigenvalue weighted by Gasteiger charge is 2.24. The number of hydrogen-bond donors (Lipinski definition) is 2. The van der Waals surface area contributed by atoms with E-state index < -0.39 is 29.5 Å². The van der Waals surface area contributed by atoms with Crippen LogP contribution >= 0.6 is 0 Å². The summed E-state index contributed by atoms with van der Waals surface area (Å²) >= 11 is 0. The quantitative estimate of drug-likeness (QED) is 0.846. The average Bonchev–Trinajstić information content (AvgIpc) is 2.46. The van der Waals surface area contributed by atoms with Crippen LogP contribution in [0.1, 0.15) is 23.3 Å². The third-order valence-electron chi connectivity index (χ3n) is 3.05. The fourth-order valence-electron chi connectivity index (χ4n) is 1.98. The molecule has 0 saturated heterocycles. The predicted molar refractivity (Wildman–Crippen MR) is 67.3 cm³/mol. The third kappa shape index (κ3) is 2.81. The lowest BCUT2D eigenvalue weighted by atomic mass is 9.92. The van der Waals surface area contributed by atoms with E-state index in [0.717, 1.165) is 12.1 Å². The first-order valence-electron chi connectivity index (χ1n) is 5.98. The smallest absolute Gasteiger partial charge is 0.194 e. The number of halogens is 3. The van der Waals surface area contributed by atoms with E-state index in [1.54, 1.807) is 18.2 Å². The number of benzene rings is 1. The fourth-order valence-corrected chi connectivity index (χ4v) is 1.98. The van der Waals surface area contributed by atoms with Crippen LogP contribution in [0.5, 0.6) is 0 Å². The van der Waals surface area contributed by atoms with Gasteiger partial charge in [0.15, 0.2) is 17.5 Å². The molecule has 0 aliphatic rings. The molecule has 2 rings (SSSR count). The van der Waals surface area contributed by atoms with Crippen molar-refractivity contribution in [1.29, 1.82) is 0 Å². The number of hydrogen-bond acceptors (Lipinski definition) is 3. The lowest BCUT2D eigenvalue weighted by Gasteiger charge is -2.21. The lowest BCUT2D eigenvalue weighted by Crippen LogP contribution is -2.21. The van der Waals surface area contributed by atoms with Gasteiger partial charge in [0.2, 0.25) is 0 Å². The van der Waals surface area contributed by atoms with E-state index in [9.17, 15) is 18.3 Å². The van der Waals surface area contributed by atoms with Gasteiger partial charge < -0.3 is 10.8 Å². The third-order valence-corrected chi connectivity index (χ3v) is 3.05. The molecule has 6 heteroatoms. The summed E-state index contributed by atoms with van der Waals surface area (Å²) in [4.78, 5) is 4.06. The monoisotopic (exact) mass is 282 g/mol. The van der Waals surface area contributed by atoms with E-state index in [1.165, 1.54) is 6.20 Å². The molecular formula is C14H13F3N2O. The van der Waals surface area contributed by atoms with Gasteiger partial charge in [0.05, 0.1) is 6.10 Å². The van der Waals surface area contributed by atoms with Gasteiger partial charge >= 0.3 is 0 Å². The zero-order valence-corrected chi connectivity index (χ0v) is 10.4. The molecule has 0 saturated carbocycles. The van der Waals surface area contributed by atoms with Crippen molar-refractivity contribution in [3.8, 4) is 0 Å². The summed E-state index contributed by atoms with van der Waals surface area (Å²) in [7, 11) is 0. The molecule has 3 nitrogen and oxygen atoms in total. The van der Waals surface area contributed by atoms with Crippen LogP contribution in [0.25, 0.3) is 0 Å². The number of rotatable bonds is 4. The van der Waals surface area contributed by atoms with E-state index in [0.29, 0.717) is 5.69 Å². The van der Waals surface area contributed by atoms with E-state index in [2.05, 4.69) is 4.98 Å². The van der Waals surface area contributed by atoms with Gasteiger partial charge in [-0.15, -0.1) is 0 Å². The Morgan fingerprint density at radius 3 is 2.30 bits per heavy atom. The minimum atomic E-state index is -1.57.